The van der Waals surface area contributed by atoms with Crippen LogP contribution in [0.4, 0.5) is 5.69 Å². The Labute approximate surface area is 117 Å². The van der Waals surface area contributed by atoms with Gasteiger partial charge in [-0.05, 0) is 24.6 Å². The third kappa shape index (κ3) is 5.77. The first-order valence-electron chi connectivity index (χ1n) is 7.20. The molecule has 0 saturated heterocycles. The smallest absolute Gasteiger partial charge is 0.251 e. The first-order chi connectivity index (χ1) is 9.15. The highest BCUT2D eigenvalue weighted by atomic mass is 16.1. The predicted octanol–water partition coefficient (Wildman–Crippen LogP) is 3.45. The van der Waals surface area contributed by atoms with Crippen molar-refractivity contribution in [3.63, 3.8) is 0 Å². The summed E-state index contributed by atoms with van der Waals surface area (Å²) in [6.07, 6.45) is 6.08. The van der Waals surface area contributed by atoms with Crippen molar-refractivity contribution in [3.05, 3.63) is 29.8 Å². The van der Waals surface area contributed by atoms with E-state index in [4.69, 9.17) is 0 Å². The normalized spacial score (nSPS) is 10.3. The minimum atomic E-state index is 0.0270. The van der Waals surface area contributed by atoms with Gasteiger partial charge in [0.05, 0.1) is 0 Å². The molecular formula is C16H26N2O. The summed E-state index contributed by atoms with van der Waals surface area (Å²) in [4.78, 5) is 14.0. The van der Waals surface area contributed by atoms with Gasteiger partial charge in [-0.1, -0.05) is 38.7 Å². The Bertz CT molecular complexity index is 388. The first kappa shape index (κ1) is 15.5. The van der Waals surface area contributed by atoms with Crippen LogP contribution in [0, 0.1) is 0 Å². The van der Waals surface area contributed by atoms with E-state index in [9.17, 15) is 4.79 Å². The van der Waals surface area contributed by atoms with Gasteiger partial charge in [-0.3, -0.25) is 4.79 Å². The Balaban J connectivity index is 2.35. The summed E-state index contributed by atoms with van der Waals surface area (Å²) >= 11 is 0. The van der Waals surface area contributed by atoms with E-state index in [1.165, 1.54) is 25.7 Å². The van der Waals surface area contributed by atoms with E-state index >= 15 is 0 Å². The van der Waals surface area contributed by atoms with Gasteiger partial charge in [0.1, 0.15) is 0 Å². The maximum atomic E-state index is 12.0. The summed E-state index contributed by atoms with van der Waals surface area (Å²) in [5.41, 5.74) is 1.79. The molecule has 0 atom stereocenters. The summed E-state index contributed by atoms with van der Waals surface area (Å²) in [7, 11) is 3.95. The monoisotopic (exact) mass is 262 g/mol. The van der Waals surface area contributed by atoms with Crippen molar-refractivity contribution in [3.8, 4) is 0 Å². The Morgan fingerprint density at radius 3 is 2.58 bits per heavy atom. The van der Waals surface area contributed by atoms with Gasteiger partial charge in [0, 0.05) is 31.9 Å². The van der Waals surface area contributed by atoms with Gasteiger partial charge < -0.3 is 10.2 Å². The molecule has 0 saturated carbocycles. The van der Waals surface area contributed by atoms with E-state index < -0.39 is 0 Å². The predicted molar refractivity (Wildman–Crippen MR) is 81.9 cm³/mol. The van der Waals surface area contributed by atoms with Gasteiger partial charge >= 0.3 is 0 Å². The van der Waals surface area contributed by atoms with Gasteiger partial charge in [0.25, 0.3) is 5.91 Å². The van der Waals surface area contributed by atoms with E-state index in [2.05, 4.69) is 12.2 Å². The summed E-state index contributed by atoms with van der Waals surface area (Å²) < 4.78 is 0. The fraction of sp³-hybridized carbons (Fsp3) is 0.562. The van der Waals surface area contributed by atoms with E-state index in [0.717, 1.165) is 24.2 Å². The number of hydrogen-bond acceptors (Lipinski definition) is 2. The number of carbonyl (C=O) groups excluding carboxylic acids is 1. The lowest BCUT2D eigenvalue weighted by molar-refractivity contribution is 0.0953. The maximum absolute atomic E-state index is 12.0. The van der Waals surface area contributed by atoms with Crippen molar-refractivity contribution in [1.82, 2.24) is 5.32 Å². The number of anilines is 1. The molecule has 0 radical (unpaired) electrons. The number of nitrogens with zero attached hydrogens (tertiary/aromatic N) is 1. The number of unbranched alkanes of at least 4 members (excludes halogenated alkanes) is 4. The van der Waals surface area contributed by atoms with Crippen LogP contribution >= 0.6 is 0 Å². The fourth-order valence-corrected chi connectivity index (χ4v) is 1.96. The molecule has 0 heterocycles. The van der Waals surface area contributed by atoms with Crippen LogP contribution < -0.4 is 10.2 Å². The minimum absolute atomic E-state index is 0.0270. The standard InChI is InChI=1S/C16H26N2O/c1-4-5-6-7-8-12-17-16(19)14-10-9-11-15(13-14)18(2)3/h9-11,13H,4-8,12H2,1-3H3,(H,17,19). The van der Waals surface area contributed by atoms with E-state index in [0.29, 0.717) is 0 Å². The van der Waals surface area contributed by atoms with Crippen molar-refractivity contribution in [2.45, 2.75) is 39.0 Å². The lowest BCUT2D eigenvalue weighted by Crippen LogP contribution is -2.24. The van der Waals surface area contributed by atoms with Crippen LogP contribution in [-0.2, 0) is 0 Å². The number of rotatable bonds is 8. The van der Waals surface area contributed by atoms with E-state index in [1.54, 1.807) is 0 Å². The number of nitrogens with one attached hydrogen (secondary N) is 1. The molecule has 0 unspecified atom stereocenters. The van der Waals surface area contributed by atoms with E-state index in [1.807, 2.05) is 43.3 Å². The van der Waals surface area contributed by atoms with Crippen LogP contribution in [0.15, 0.2) is 24.3 Å². The van der Waals surface area contributed by atoms with Crippen molar-refractivity contribution in [1.29, 1.82) is 0 Å². The highest BCUT2D eigenvalue weighted by molar-refractivity contribution is 5.95. The van der Waals surface area contributed by atoms with Crippen LogP contribution in [0.3, 0.4) is 0 Å². The lowest BCUT2D eigenvalue weighted by atomic mass is 10.1. The second kappa shape index (κ2) is 8.57. The molecule has 1 amide bonds. The number of hydrogen-bond donors (Lipinski definition) is 1. The molecule has 106 valence electrons. The van der Waals surface area contributed by atoms with Crippen LogP contribution in [0.5, 0.6) is 0 Å². The SMILES string of the molecule is CCCCCCCNC(=O)c1cccc(N(C)C)c1. The van der Waals surface area contributed by atoms with Crippen molar-refractivity contribution >= 4 is 11.6 Å². The third-order valence-corrected chi connectivity index (χ3v) is 3.19. The highest BCUT2D eigenvalue weighted by Gasteiger charge is 2.06. The molecule has 1 aromatic rings. The van der Waals surface area contributed by atoms with Crippen LogP contribution in [-0.4, -0.2) is 26.5 Å². The molecule has 1 N–H and O–H groups in total. The minimum Gasteiger partial charge on any atom is -0.378 e. The van der Waals surface area contributed by atoms with Crippen molar-refractivity contribution < 1.29 is 4.79 Å². The highest BCUT2D eigenvalue weighted by Crippen LogP contribution is 2.13. The molecule has 0 aliphatic rings. The zero-order valence-corrected chi connectivity index (χ0v) is 12.4. The summed E-state index contributed by atoms with van der Waals surface area (Å²) in [5.74, 6) is 0.0270. The van der Waals surface area contributed by atoms with Crippen LogP contribution in [0.1, 0.15) is 49.4 Å². The molecule has 0 spiro atoms. The zero-order valence-electron chi connectivity index (χ0n) is 12.4. The van der Waals surface area contributed by atoms with Gasteiger partial charge in [-0.25, -0.2) is 0 Å². The van der Waals surface area contributed by atoms with Gasteiger partial charge in [0.15, 0.2) is 0 Å². The molecule has 0 fully saturated rings. The first-order valence-corrected chi connectivity index (χ1v) is 7.20. The second-order valence-electron chi connectivity index (χ2n) is 5.11. The Morgan fingerprint density at radius 2 is 1.89 bits per heavy atom. The maximum Gasteiger partial charge on any atom is 0.251 e. The number of carbonyl (C=O) groups is 1. The number of benzene rings is 1. The topological polar surface area (TPSA) is 32.3 Å². The second-order valence-corrected chi connectivity index (χ2v) is 5.11. The van der Waals surface area contributed by atoms with Crippen LogP contribution in [0.25, 0.3) is 0 Å². The van der Waals surface area contributed by atoms with Crippen molar-refractivity contribution in [2.75, 3.05) is 25.5 Å². The average Bonchev–Trinajstić information content (AvgIpc) is 2.42. The molecule has 19 heavy (non-hydrogen) atoms. The molecule has 3 heteroatoms. The molecule has 1 rings (SSSR count). The Hall–Kier alpha value is -1.51. The summed E-state index contributed by atoms with van der Waals surface area (Å²) in [6.45, 7) is 2.98. The average molecular weight is 262 g/mol. The van der Waals surface area contributed by atoms with Gasteiger partial charge in [0.2, 0.25) is 0 Å². The zero-order chi connectivity index (χ0) is 14.1. The molecule has 3 nitrogen and oxygen atoms in total. The molecular weight excluding hydrogens is 236 g/mol. The molecule has 0 bridgehead atoms. The molecule has 0 aliphatic heterocycles. The summed E-state index contributed by atoms with van der Waals surface area (Å²) in [6, 6.07) is 7.71. The Morgan fingerprint density at radius 1 is 1.16 bits per heavy atom. The molecule has 0 aromatic heterocycles. The third-order valence-electron chi connectivity index (χ3n) is 3.19. The van der Waals surface area contributed by atoms with Gasteiger partial charge in [-0.2, -0.15) is 0 Å². The number of amides is 1. The van der Waals surface area contributed by atoms with E-state index in [-0.39, 0.29) is 5.91 Å². The van der Waals surface area contributed by atoms with Gasteiger partial charge in [-0.15, -0.1) is 0 Å². The van der Waals surface area contributed by atoms with Crippen molar-refractivity contribution in [2.24, 2.45) is 0 Å². The largest absolute Gasteiger partial charge is 0.378 e. The molecule has 0 aliphatic carbocycles. The fourth-order valence-electron chi connectivity index (χ4n) is 1.96. The lowest BCUT2D eigenvalue weighted by Gasteiger charge is -2.13. The quantitative estimate of drug-likeness (QED) is 0.728. The summed E-state index contributed by atoms with van der Waals surface area (Å²) in [5, 5.41) is 2.98. The Kier molecular flexibility index (Phi) is 7.01. The van der Waals surface area contributed by atoms with Crippen LogP contribution in [0.2, 0.25) is 0 Å². The molecule has 1 aromatic carbocycles.